The number of nitrogens with zero attached hydrogens (tertiary/aromatic N) is 2. The van der Waals surface area contributed by atoms with Crippen molar-refractivity contribution in [2.24, 2.45) is 7.05 Å². The van der Waals surface area contributed by atoms with Crippen LogP contribution in [0.3, 0.4) is 0 Å². The highest BCUT2D eigenvalue weighted by molar-refractivity contribution is 7.89. The van der Waals surface area contributed by atoms with Crippen molar-refractivity contribution in [3.63, 3.8) is 0 Å². The molecule has 1 aromatic heterocycles. The number of sulfonamides is 1. The molecule has 0 bridgehead atoms. The maximum absolute atomic E-state index is 12.3. The van der Waals surface area contributed by atoms with E-state index in [9.17, 15) is 13.2 Å². The first-order valence-corrected chi connectivity index (χ1v) is 8.80. The van der Waals surface area contributed by atoms with Gasteiger partial charge in [0.05, 0.1) is 10.6 Å². The van der Waals surface area contributed by atoms with Crippen LogP contribution < -0.4 is 4.72 Å². The predicted octanol–water partition coefficient (Wildman–Crippen LogP) is 1.76. The van der Waals surface area contributed by atoms with Crippen LogP contribution in [0.15, 0.2) is 29.2 Å². The van der Waals surface area contributed by atoms with Crippen LogP contribution in [-0.2, 0) is 23.5 Å². The predicted molar refractivity (Wildman–Crippen MR) is 88.0 cm³/mol. The van der Waals surface area contributed by atoms with Gasteiger partial charge in [0.2, 0.25) is 10.0 Å². The number of hydrogen-bond donors (Lipinski definition) is 1. The smallest absolute Gasteiger partial charge is 0.240 e. The summed E-state index contributed by atoms with van der Waals surface area (Å²) in [7, 11) is -1.77. The third-order valence-electron chi connectivity index (χ3n) is 3.88. The number of benzene rings is 1. The first kappa shape index (κ1) is 17.4. The van der Waals surface area contributed by atoms with E-state index in [1.807, 2.05) is 20.9 Å². The molecule has 0 atom stereocenters. The average molecular weight is 335 g/mol. The maximum Gasteiger partial charge on any atom is 0.240 e. The normalized spacial score (nSPS) is 11.7. The minimum absolute atomic E-state index is 0.102. The van der Waals surface area contributed by atoms with Gasteiger partial charge in [0.25, 0.3) is 0 Å². The molecule has 0 fully saturated rings. The van der Waals surface area contributed by atoms with E-state index in [1.54, 1.807) is 16.8 Å². The zero-order valence-electron chi connectivity index (χ0n) is 13.8. The van der Waals surface area contributed by atoms with Gasteiger partial charge in [-0.3, -0.25) is 9.48 Å². The molecule has 1 heterocycles. The molecule has 0 unspecified atom stereocenters. The van der Waals surface area contributed by atoms with Crippen molar-refractivity contribution in [2.75, 3.05) is 6.54 Å². The number of nitrogens with one attached hydrogen (secondary N) is 1. The molecule has 0 saturated heterocycles. The van der Waals surface area contributed by atoms with Crippen LogP contribution in [0, 0.1) is 13.8 Å². The number of hydrogen-bond acceptors (Lipinski definition) is 4. The van der Waals surface area contributed by atoms with Crippen molar-refractivity contribution in [1.29, 1.82) is 0 Å². The summed E-state index contributed by atoms with van der Waals surface area (Å²) in [5.41, 5.74) is 3.36. The number of carbonyl (C=O) groups excluding carboxylic acids is 1. The number of ketones is 1. The van der Waals surface area contributed by atoms with Crippen molar-refractivity contribution in [1.82, 2.24) is 14.5 Å². The molecule has 0 saturated carbocycles. The van der Waals surface area contributed by atoms with Gasteiger partial charge < -0.3 is 0 Å². The van der Waals surface area contributed by atoms with E-state index in [0.29, 0.717) is 12.0 Å². The Morgan fingerprint density at radius 2 is 2.00 bits per heavy atom. The van der Waals surface area contributed by atoms with Crippen LogP contribution in [-0.4, -0.2) is 30.5 Å². The van der Waals surface area contributed by atoms with E-state index in [1.165, 1.54) is 19.1 Å². The van der Waals surface area contributed by atoms with Crippen LogP contribution in [0.1, 0.15) is 34.2 Å². The van der Waals surface area contributed by atoms with Gasteiger partial charge in [-0.05, 0) is 44.9 Å². The number of rotatable bonds is 6. The summed E-state index contributed by atoms with van der Waals surface area (Å²) in [6, 6.07) is 6.05. The van der Waals surface area contributed by atoms with E-state index >= 15 is 0 Å². The number of aryl methyl sites for hydroxylation is 2. The fourth-order valence-electron chi connectivity index (χ4n) is 2.46. The van der Waals surface area contributed by atoms with E-state index < -0.39 is 10.0 Å². The van der Waals surface area contributed by atoms with Crippen molar-refractivity contribution < 1.29 is 13.2 Å². The first-order chi connectivity index (χ1) is 10.7. The Bertz CT molecular complexity index is 838. The van der Waals surface area contributed by atoms with Crippen molar-refractivity contribution in [2.45, 2.75) is 32.1 Å². The fourth-order valence-corrected chi connectivity index (χ4v) is 3.53. The molecule has 0 spiro atoms. The number of carbonyl (C=O) groups is 1. The summed E-state index contributed by atoms with van der Waals surface area (Å²) in [5, 5.41) is 4.32. The Labute approximate surface area is 136 Å². The van der Waals surface area contributed by atoms with Crippen LogP contribution in [0.5, 0.6) is 0 Å². The zero-order chi connectivity index (χ0) is 17.2. The summed E-state index contributed by atoms with van der Waals surface area (Å²) >= 11 is 0. The molecule has 0 radical (unpaired) electrons. The van der Waals surface area contributed by atoms with Crippen molar-refractivity contribution in [3.05, 3.63) is 46.8 Å². The highest BCUT2D eigenvalue weighted by Gasteiger charge is 2.16. The first-order valence-electron chi connectivity index (χ1n) is 7.32. The third-order valence-corrected chi connectivity index (χ3v) is 5.34. The van der Waals surface area contributed by atoms with E-state index in [-0.39, 0.29) is 17.2 Å². The third kappa shape index (κ3) is 3.86. The lowest BCUT2D eigenvalue weighted by Gasteiger charge is -2.08. The second-order valence-corrected chi connectivity index (χ2v) is 7.27. The number of aromatic nitrogens is 2. The minimum atomic E-state index is -3.63. The van der Waals surface area contributed by atoms with Crippen molar-refractivity contribution >= 4 is 15.8 Å². The van der Waals surface area contributed by atoms with Crippen LogP contribution in [0.25, 0.3) is 0 Å². The fraction of sp³-hybridized carbons (Fsp3) is 0.375. The van der Waals surface area contributed by atoms with Gasteiger partial charge in [-0.1, -0.05) is 12.1 Å². The van der Waals surface area contributed by atoms with Crippen LogP contribution in [0.4, 0.5) is 0 Å². The van der Waals surface area contributed by atoms with Gasteiger partial charge >= 0.3 is 0 Å². The molecule has 2 rings (SSSR count). The Morgan fingerprint density at radius 1 is 1.30 bits per heavy atom. The van der Waals surface area contributed by atoms with E-state index in [4.69, 9.17) is 0 Å². The monoisotopic (exact) mass is 335 g/mol. The number of Topliss-reactive ketones (excluding diaryl/α,β-unsaturated/α-hetero) is 1. The largest absolute Gasteiger partial charge is 0.295 e. The highest BCUT2D eigenvalue weighted by Crippen LogP contribution is 2.14. The minimum Gasteiger partial charge on any atom is -0.295 e. The highest BCUT2D eigenvalue weighted by atomic mass is 32.2. The summed E-state index contributed by atoms with van der Waals surface area (Å²) in [6.45, 7) is 5.56. The second kappa shape index (κ2) is 6.64. The Balaban J connectivity index is 2.10. The van der Waals surface area contributed by atoms with Gasteiger partial charge in [0.1, 0.15) is 0 Å². The SMILES string of the molecule is CC(=O)c1cccc(S(=O)(=O)NCCc2c(C)nn(C)c2C)c1. The van der Waals surface area contributed by atoms with Gasteiger partial charge in [-0.25, -0.2) is 13.1 Å². The molecule has 124 valence electrons. The Morgan fingerprint density at radius 3 is 2.57 bits per heavy atom. The van der Waals surface area contributed by atoms with Gasteiger partial charge in [0.15, 0.2) is 5.78 Å². The van der Waals surface area contributed by atoms with Crippen molar-refractivity contribution in [3.8, 4) is 0 Å². The second-order valence-electron chi connectivity index (χ2n) is 5.50. The van der Waals surface area contributed by atoms with Gasteiger partial charge in [-0.2, -0.15) is 5.10 Å². The summed E-state index contributed by atoms with van der Waals surface area (Å²) in [4.78, 5) is 11.5. The lowest BCUT2D eigenvalue weighted by Crippen LogP contribution is -2.26. The van der Waals surface area contributed by atoms with Crippen LogP contribution in [0.2, 0.25) is 0 Å². The van der Waals surface area contributed by atoms with Crippen LogP contribution >= 0.6 is 0 Å². The standard InChI is InChI=1S/C16H21N3O3S/c1-11-16(12(2)19(4)18-11)8-9-17-23(21,22)15-7-5-6-14(10-15)13(3)20/h5-7,10,17H,8-9H2,1-4H3. The van der Waals surface area contributed by atoms with Gasteiger partial charge in [0, 0.05) is 24.8 Å². The van der Waals surface area contributed by atoms with Gasteiger partial charge in [-0.15, -0.1) is 0 Å². The van der Waals surface area contributed by atoms with E-state index in [0.717, 1.165) is 17.0 Å². The maximum atomic E-state index is 12.3. The Kier molecular flexibility index (Phi) is 5.01. The molecule has 7 heteroatoms. The van der Waals surface area contributed by atoms with E-state index in [2.05, 4.69) is 9.82 Å². The summed E-state index contributed by atoms with van der Waals surface area (Å²) < 4.78 is 29.0. The average Bonchev–Trinajstić information content (AvgIpc) is 2.73. The Hall–Kier alpha value is -1.99. The molecule has 1 N–H and O–H groups in total. The molecule has 23 heavy (non-hydrogen) atoms. The summed E-state index contributed by atoms with van der Waals surface area (Å²) in [5.74, 6) is -0.163. The molecule has 0 aliphatic carbocycles. The molecule has 0 aliphatic heterocycles. The quantitative estimate of drug-likeness (QED) is 0.816. The molecule has 6 nitrogen and oxygen atoms in total. The molecular weight excluding hydrogens is 314 g/mol. The lowest BCUT2D eigenvalue weighted by molar-refractivity contribution is 0.101. The zero-order valence-corrected chi connectivity index (χ0v) is 14.6. The topological polar surface area (TPSA) is 81.1 Å². The molecule has 2 aromatic rings. The molecular formula is C16H21N3O3S. The molecule has 0 amide bonds. The molecule has 1 aromatic carbocycles. The lowest BCUT2D eigenvalue weighted by atomic mass is 10.1. The summed E-state index contributed by atoms with van der Waals surface area (Å²) in [6.07, 6.45) is 0.567. The molecule has 0 aliphatic rings.